The second-order valence-corrected chi connectivity index (χ2v) is 9.30. The van der Waals surface area contributed by atoms with Gasteiger partial charge >= 0.3 is 0 Å². The Kier molecular flexibility index (Phi) is 4.70. The minimum absolute atomic E-state index is 0.140. The molecular formula is C18H22N4O3S. The first-order chi connectivity index (χ1) is 12.2. The number of aromatic nitrogens is 2. The standard InChI is InChI=1S/C18H22N4O3S/c1-18(2,3)17-19-11-14(12-20-17)21-16(23)13-6-4-7-15(10-13)22-8-5-9-26(22,24)25/h4,6-7,10-12H,5,8-9H2,1-3H3,(H,21,23). The number of anilines is 2. The minimum atomic E-state index is -3.28. The fourth-order valence-corrected chi connectivity index (χ4v) is 4.27. The van der Waals surface area contributed by atoms with Gasteiger partial charge in [0.05, 0.1) is 29.5 Å². The Balaban J connectivity index is 1.77. The van der Waals surface area contributed by atoms with Gasteiger partial charge in [-0.15, -0.1) is 0 Å². The molecule has 1 aliphatic rings. The summed E-state index contributed by atoms with van der Waals surface area (Å²) in [5.74, 6) is 0.494. The van der Waals surface area contributed by atoms with Crippen molar-refractivity contribution in [1.29, 1.82) is 0 Å². The van der Waals surface area contributed by atoms with Gasteiger partial charge in [-0.1, -0.05) is 26.8 Å². The lowest BCUT2D eigenvalue weighted by molar-refractivity contribution is 0.102. The van der Waals surface area contributed by atoms with Gasteiger partial charge in [0.2, 0.25) is 10.0 Å². The zero-order valence-electron chi connectivity index (χ0n) is 15.1. The summed E-state index contributed by atoms with van der Waals surface area (Å²) in [6, 6.07) is 6.60. The van der Waals surface area contributed by atoms with Crippen molar-refractivity contribution in [1.82, 2.24) is 9.97 Å². The molecule has 1 aromatic carbocycles. The van der Waals surface area contributed by atoms with Crippen LogP contribution in [-0.4, -0.2) is 36.6 Å². The van der Waals surface area contributed by atoms with Crippen LogP contribution >= 0.6 is 0 Å². The molecule has 1 N–H and O–H groups in total. The van der Waals surface area contributed by atoms with E-state index in [-0.39, 0.29) is 17.1 Å². The number of hydrogen-bond donors (Lipinski definition) is 1. The summed E-state index contributed by atoms with van der Waals surface area (Å²) in [6.07, 6.45) is 3.73. The second-order valence-electron chi connectivity index (χ2n) is 7.29. The van der Waals surface area contributed by atoms with Gasteiger partial charge in [-0.05, 0) is 24.6 Å². The maximum Gasteiger partial charge on any atom is 0.255 e. The topological polar surface area (TPSA) is 92.3 Å². The largest absolute Gasteiger partial charge is 0.319 e. The second kappa shape index (κ2) is 6.68. The van der Waals surface area contributed by atoms with Crippen molar-refractivity contribution in [3.63, 3.8) is 0 Å². The quantitative estimate of drug-likeness (QED) is 0.891. The molecule has 0 radical (unpaired) electrons. The number of nitrogens with one attached hydrogen (secondary N) is 1. The third kappa shape index (κ3) is 3.85. The minimum Gasteiger partial charge on any atom is -0.319 e. The number of benzene rings is 1. The molecule has 1 amide bonds. The fraction of sp³-hybridized carbons (Fsp3) is 0.389. The van der Waals surface area contributed by atoms with Crippen molar-refractivity contribution in [2.45, 2.75) is 32.6 Å². The van der Waals surface area contributed by atoms with E-state index >= 15 is 0 Å². The summed E-state index contributed by atoms with van der Waals surface area (Å²) in [7, 11) is -3.28. The zero-order chi connectivity index (χ0) is 18.9. The maximum absolute atomic E-state index is 12.5. The molecular weight excluding hydrogens is 352 g/mol. The van der Waals surface area contributed by atoms with Crippen molar-refractivity contribution in [3.8, 4) is 0 Å². The number of nitrogens with zero attached hydrogens (tertiary/aromatic N) is 3. The number of hydrogen-bond acceptors (Lipinski definition) is 5. The highest BCUT2D eigenvalue weighted by atomic mass is 32.2. The van der Waals surface area contributed by atoms with Crippen LogP contribution in [0.1, 0.15) is 43.4 Å². The van der Waals surface area contributed by atoms with Crippen LogP contribution in [0, 0.1) is 0 Å². The highest BCUT2D eigenvalue weighted by molar-refractivity contribution is 7.93. The van der Waals surface area contributed by atoms with Crippen molar-refractivity contribution >= 4 is 27.3 Å². The first kappa shape index (κ1) is 18.3. The van der Waals surface area contributed by atoms with Gasteiger partial charge in [-0.3, -0.25) is 9.10 Å². The van der Waals surface area contributed by atoms with E-state index < -0.39 is 10.0 Å². The van der Waals surface area contributed by atoms with Crippen molar-refractivity contribution < 1.29 is 13.2 Å². The molecule has 0 bridgehead atoms. The van der Waals surface area contributed by atoms with Crippen LogP contribution in [0.2, 0.25) is 0 Å². The average Bonchev–Trinajstić information content (AvgIpc) is 2.94. The molecule has 1 saturated heterocycles. The monoisotopic (exact) mass is 374 g/mol. The average molecular weight is 374 g/mol. The lowest BCUT2D eigenvalue weighted by Crippen LogP contribution is -2.25. The number of carbonyl (C=O) groups is 1. The molecule has 0 spiro atoms. The number of amides is 1. The van der Waals surface area contributed by atoms with E-state index in [2.05, 4.69) is 15.3 Å². The summed E-state index contributed by atoms with van der Waals surface area (Å²) < 4.78 is 25.5. The molecule has 2 aromatic rings. The molecule has 0 aliphatic carbocycles. The Morgan fingerprint density at radius 3 is 2.46 bits per heavy atom. The number of sulfonamides is 1. The Morgan fingerprint density at radius 1 is 1.19 bits per heavy atom. The molecule has 3 rings (SSSR count). The van der Waals surface area contributed by atoms with Crippen molar-refractivity contribution in [3.05, 3.63) is 48.0 Å². The van der Waals surface area contributed by atoms with E-state index in [1.54, 1.807) is 36.7 Å². The maximum atomic E-state index is 12.5. The van der Waals surface area contributed by atoms with Crippen LogP contribution < -0.4 is 9.62 Å². The highest BCUT2D eigenvalue weighted by Gasteiger charge is 2.28. The van der Waals surface area contributed by atoms with Gasteiger partial charge in [-0.2, -0.15) is 0 Å². The molecule has 8 heteroatoms. The summed E-state index contributed by atoms with van der Waals surface area (Å²) >= 11 is 0. The summed E-state index contributed by atoms with van der Waals surface area (Å²) in [6.45, 7) is 6.48. The molecule has 0 unspecified atom stereocenters. The Bertz CT molecular complexity index is 918. The van der Waals surface area contributed by atoms with E-state index in [4.69, 9.17) is 0 Å². The smallest absolute Gasteiger partial charge is 0.255 e. The third-order valence-corrected chi connectivity index (χ3v) is 5.95. The predicted octanol–water partition coefficient (Wildman–Crippen LogP) is 2.57. The molecule has 0 saturated carbocycles. The van der Waals surface area contributed by atoms with E-state index in [1.165, 1.54) is 4.31 Å². The van der Waals surface area contributed by atoms with E-state index in [1.807, 2.05) is 20.8 Å². The van der Waals surface area contributed by atoms with Crippen molar-refractivity contribution in [2.24, 2.45) is 0 Å². The van der Waals surface area contributed by atoms with Crippen LogP contribution in [-0.2, 0) is 15.4 Å². The Hall–Kier alpha value is -2.48. The number of rotatable bonds is 3. The molecule has 7 nitrogen and oxygen atoms in total. The zero-order valence-corrected chi connectivity index (χ0v) is 15.9. The lowest BCUT2D eigenvalue weighted by atomic mass is 9.96. The van der Waals surface area contributed by atoms with Gasteiger partial charge in [0.15, 0.2) is 0 Å². The Morgan fingerprint density at radius 2 is 1.88 bits per heavy atom. The number of carbonyl (C=O) groups excluding carboxylic acids is 1. The SMILES string of the molecule is CC(C)(C)c1ncc(NC(=O)c2cccc(N3CCCS3(=O)=O)c2)cn1. The Labute approximate surface area is 153 Å². The van der Waals surface area contributed by atoms with Gasteiger partial charge in [0.1, 0.15) is 5.82 Å². The van der Waals surface area contributed by atoms with Gasteiger partial charge in [-0.25, -0.2) is 18.4 Å². The van der Waals surface area contributed by atoms with E-state index in [0.29, 0.717) is 35.7 Å². The van der Waals surface area contributed by atoms with Crippen LogP contribution in [0.4, 0.5) is 11.4 Å². The highest BCUT2D eigenvalue weighted by Crippen LogP contribution is 2.25. The molecule has 2 heterocycles. The van der Waals surface area contributed by atoms with E-state index in [0.717, 1.165) is 0 Å². The van der Waals surface area contributed by atoms with Crippen molar-refractivity contribution in [2.75, 3.05) is 21.9 Å². The molecule has 1 fully saturated rings. The summed E-state index contributed by atoms with van der Waals surface area (Å²) in [5, 5.41) is 2.74. The fourth-order valence-electron chi connectivity index (χ4n) is 2.71. The molecule has 138 valence electrons. The lowest BCUT2D eigenvalue weighted by Gasteiger charge is -2.18. The van der Waals surface area contributed by atoms with Gasteiger partial charge < -0.3 is 5.32 Å². The van der Waals surface area contributed by atoms with Gasteiger partial charge in [0, 0.05) is 17.5 Å². The first-order valence-corrected chi connectivity index (χ1v) is 10.0. The molecule has 1 aromatic heterocycles. The van der Waals surface area contributed by atoms with Crippen LogP contribution in [0.3, 0.4) is 0 Å². The summed E-state index contributed by atoms with van der Waals surface area (Å²) in [4.78, 5) is 21.1. The van der Waals surface area contributed by atoms with Crippen LogP contribution in [0.15, 0.2) is 36.7 Å². The first-order valence-electron chi connectivity index (χ1n) is 8.41. The summed E-state index contributed by atoms with van der Waals surface area (Å²) in [5.41, 5.74) is 1.21. The predicted molar refractivity (Wildman–Crippen MR) is 101 cm³/mol. The van der Waals surface area contributed by atoms with Gasteiger partial charge in [0.25, 0.3) is 5.91 Å². The molecule has 1 aliphatic heterocycles. The third-order valence-electron chi connectivity index (χ3n) is 4.08. The molecule has 0 atom stereocenters. The molecule has 26 heavy (non-hydrogen) atoms. The van der Waals surface area contributed by atoms with E-state index in [9.17, 15) is 13.2 Å². The van der Waals surface area contributed by atoms with Crippen LogP contribution in [0.5, 0.6) is 0 Å². The normalized spacial score (nSPS) is 16.5. The van der Waals surface area contributed by atoms with Crippen LogP contribution in [0.25, 0.3) is 0 Å².